The van der Waals surface area contributed by atoms with Gasteiger partial charge in [0.25, 0.3) is 0 Å². The SMILES string of the molecule is COP(=S)(/N=C(\N)SC)OC. The van der Waals surface area contributed by atoms with Gasteiger partial charge in [-0.1, -0.05) is 11.8 Å². The third-order valence-corrected chi connectivity index (χ3v) is 4.06. The molecule has 0 saturated heterocycles. The molecule has 0 fully saturated rings. The summed E-state index contributed by atoms with van der Waals surface area (Å²) in [5, 5.41) is 0.386. The lowest BCUT2D eigenvalue weighted by Crippen LogP contribution is -2.05. The van der Waals surface area contributed by atoms with E-state index in [0.29, 0.717) is 5.17 Å². The van der Waals surface area contributed by atoms with Crippen molar-refractivity contribution < 1.29 is 9.05 Å². The van der Waals surface area contributed by atoms with E-state index in [1.54, 1.807) is 0 Å². The van der Waals surface area contributed by atoms with Crippen molar-refractivity contribution in [2.24, 2.45) is 10.5 Å². The second-order valence-electron chi connectivity index (χ2n) is 1.48. The molecule has 0 radical (unpaired) electrons. The molecule has 0 rings (SSSR count). The first-order valence-electron chi connectivity index (χ1n) is 2.69. The first kappa shape index (κ1) is 11.4. The molecule has 0 unspecified atom stereocenters. The molecule has 11 heavy (non-hydrogen) atoms. The number of thioether (sulfide) groups is 1. The minimum absolute atomic E-state index is 0.386. The second kappa shape index (κ2) is 5.11. The van der Waals surface area contributed by atoms with E-state index in [-0.39, 0.29) is 0 Å². The minimum atomic E-state index is -2.48. The molecule has 0 saturated carbocycles. The van der Waals surface area contributed by atoms with Gasteiger partial charge in [-0.15, -0.1) is 0 Å². The van der Waals surface area contributed by atoms with E-state index in [1.165, 1.54) is 26.0 Å². The molecule has 7 heteroatoms. The van der Waals surface area contributed by atoms with Gasteiger partial charge < -0.3 is 14.8 Å². The Morgan fingerprint density at radius 3 is 2.27 bits per heavy atom. The van der Waals surface area contributed by atoms with Crippen LogP contribution in [0.3, 0.4) is 0 Å². The molecule has 0 aliphatic carbocycles. The molecule has 0 aliphatic rings. The number of nitrogens with two attached hydrogens (primary N) is 1. The summed E-state index contributed by atoms with van der Waals surface area (Å²) in [6.45, 7) is -2.48. The molecule has 0 bridgehead atoms. The Hall–Kier alpha value is 0.390. The number of nitrogens with zero attached hydrogens (tertiary/aromatic N) is 1. The maximum Gasteiger partial charge on any atom is 0.310 e. The van der Waals surface area contributed by atoms with Gasteiger partial charge in [-0.2, -0.15) is 4.76 Å². The lowest BCUT2D eigenvalue weighted by Gasteiger charge is -2.11. The van der Waals surface area contributed by atoms with E-state index in [9.17, 15) is 0 Å². The summed E-state index contributed by atoms with van der Waals surface area (Å²) in [6.07, 6.45) is 1.81. The number of hydrogen-bond donors (Lipinski definition) is 1. The maximum atomic E-state index is 5.42. The van der Waals surface area contributed by atoms with Crippen molar-refractivity contribution in [3.8, 4) is 0 Å². The Morgan fingerprint density at radius 2 is 2.00 bits per heavy atom. The van der Waals surface area contributed by atoms with Gasteiger partial charge in [0.15, 0.2) is 5.17 Å². The Balaban J connectivity index is 4.42. The lowest BCUT2D eigenvalue weighted by atomic mass is 11.4. The fraction of sp³-hybridized carbons (Fsp3) is 0.750. The van der Waals surface area contributed by atoms with Gasteiger partial charge in [0, 0.05) is 14.2 Å². The molecule has 0 atom stereocenters. The van der Waals surface area contributed by atoms with Crippen LogP contribution in [0.1, 0.15) is 0 Å². The zero-order valence-corrected chi connectivity index (χ0v) is 9.13. The topological polar surface area (TPSA) is 56.8 Å². The van der Waals surface area contributed by atoms with Gasteiger partial charge in [-0.25, -0.2) is 0 Å². The van der Waals surface area contributed by atoms with Crippen molar-refractivity contribution in [2.75, 3.05) is 20.5 Å². The number of amidine groups is 1. The third kappa shape index (κ3) is 4.08. The highest BCUT2D eigenvalue weighted by atomic mass is 32.5. The molecule has 0 heterocycles. The quantitative estimate of drug-likeness (QED) is 0.434. The van der Waals surface area contributed by atoms with Crippen molar-refractivity contribution in [1.29, 1.82) is 0 Å². The van der Waals surface area contributed by atoms with E-state index < -0.39 is 6.64 Å². The average molecular weight is 214 g/mol. The van der Waals surface area contributed by atoms with Crippen molar-refractivity contribution >= 4 is 35.4 Å². The zero-order valence-electron chi connectivity index (χ0n) is 6.60. The van der Waals surface area contributed by atoms with Gasteiger partial charge in [0.05, 0.1) is 0 Å². The molecule has 0 aromatic carbocycles. The van der Waals surface area contributed by atoms with Gasteiger partial charge in [-0.3, -0.25) is 0 Å². The van der Waals surface area contributed by atoms with E-state index in [4.69, 9.17) is 26.6 Å². The number of hydrogen-bond acceptors (Lipinski definition) is 4. The highest BCUT2D eigenvalue weighted by Gasteiger charge is 2.13. The van der Waals surface area contributed by atoms with Crippen LogP contribution >= 0.6 is 18.4 Å². The third-order valence-electron chi connectivity index (χ3n) is 0.892. The van der Waals surface area contributed by atoms with E-state index in [2.05, 4.69) is 4.76 Å². The predicted octanol–water partition coefficient (Wildman–Crippen LogP) is 1.18. The average Bonchev–Trinajstić information content (AvgIpc) is 2.04. The molecule has 0 aromatic rings. The fourth-order valence-electron chi connectivity index (χ4n) is 0.318. The summed E-state index contributed by atoms with van der Waals surface area (Å²) < 4.78 is 13.7. The fourth-order valence-corrected chi connectivity index (χ4v) is 1.94. The van der Waals surface area contributed by atoms with Crippen molar-refractivity contribution in [3.05, 3.63) is 0 Å². The first-order valence-corrected chi connectivity index (χ1v) is 6.50. The normalized spacial score (nSPS) is 13.5. The van der Waals surface area contributed by atoms with Crippen molar-refractivity contribution in [3.63, 3.8) is 0 Å². The van der Waals surface area contributed by atoms with Crippen molar-refractivity contribution in [2.45, 2.75) is 0 Å². The van der Waals surface area contributed by atoms with Crippen LogP contribution in [0.25, 0.3) is 0 Å². The Bertz CT molecular complexity index is 189. The molecule has 2 N–H and O–H groups in total. The van der Waals surface area contributed by atoms with Crippen LogP contribution in [-0.4, -0.2) is 25.6 Å². The Morgan fingerprint density at radius 1 is 1.55 bits per heavy atom. The summed E-state index contributed by atoms with van der Waals surface area (Å²) in [5.74, 6) is 0. The first-order chi connectivity index (χ1) is 5.08. The van der Waals surface area contributed by atoms with E-state index >= 15 is 0 Å². The molecule has 66 valence electrons. The number of rotatable bonds is 3. The van der Waals surface area contributed by atoms with E-state index in [0.717, 1.165) is 0 Å². The highest BCUT2D eigenvalue weighted by Crippen LogP contribution is 2.48. The predicted molar refractivity (Wildman–Crippen MR) is 53.4 cm³/mol. The summed E-state index contributed by atoms with van der Waals surface area (Å²) in [6, 6.07) is 0. The van der Waals surface area contributed by atoms with Crippen LogP contribution in [0.5, 0.6) is 0 Å². The highest BCUT2D eigenvalue weighted by molar-refractivity contribution is 8.14. The van der Waals surface area contributed by atoms with Crippen LogP contribution in [0, 0.1) is 0 Å². The molecule has 0 aliphatic heterocycles. The van der Waals surface area contributed by atoms with Crippen LogP contribution in [-0.2, 0) is 20.9 Å². The standard InChI is InChI=1S/C4H11N2O2PS2/c1-7-9(10,8-2)6-4(5)11-3/h1-3H3,(H2,5,6,10). The van der Waals surface area contributed by atoms with Crippen molar-refractivity contribution in [1.82, 2.24) is 0 Å². The van der Waals surface area contributed by atoms with Gasteiger partial charge in [0.1, 0.15) is 0 Å². The van der Waals surface area contributed by atoms with Gasteiger partial charge in [0.2, 0.25) is 0 Å². The summed E-state index contributed by atoms with van der Waals surface area (Å²) in [4.78, 5) is 0. The minimum Gasteiger partial charge on any atom is -0.378 e. The molecular formula is C4H11N2O2PS2. The molecular weight excluding hydrogens is 203 g/mol. The van der Waals surface area contributed by atoms with Gasteiger partial charge >= 0.3 is 6.64 Å². The Labute approximate surface area is 75.8 Å². The molecule has 0 spiro atoms. The lowest BCUT2D eigenvalue weighted by molar-refractivity contribution is 0.338. The maximum absolute atomic E-state index is 5.42. The van der Waals surface area contributed by atoms with Crippen LogP contribution in [0.15, 0.2) is 4.76 Å². The smallest absolute Gasteiger partial charge is 0.310 e. The summed E-state index contributed by atoms with van der Waals surface area (Å²) in [7, 11) is 2.92. The van der Waals surface area contributed by atoms with E-state index in [1.807, 2.05) is 6.26 Å². The second-order valence-corrected chi connectivity index (χ2v) is 5.55. The molecule has 0 aromatic heterocycles. The monoisotopic (exact) mass is 214 g/mol. The van der Waals surface area contributed by atoms with Crippen LogP contribution < -0.4 is 5.73 Å². The molecule has 4 nitrogen and oxygen atoms in total. The zero-order chi connectivity index (χ0) is 8.91. The van der Waals surface area contributed by atoms with Gasteiger partial charge in [-0.05, 0) is 18.1 Å². The summed E-state index contributed by atoms with van der Waals surface area (Å²) in [5.41, 5.74) is 5.42. The van der Waals surface area contributed by atoms with Crippen LogP contribution in [0.2, 0.25) is 0 Å². The van der Waals surface area contributed by atoms with Crippen LogP contribution in [0.4, 0.5) is 0 Å². The summed E-state index contributed by atoms with van der Waals surface area (Å²) >= 11 is 6.24. The largest absolute Gasteiger partial charge is 0.378 e. The Kier molecular flexibility index (Phi) is 5.29. The molecule has 0 amide bonds.